The van der Waals surface area contributed by atoms with Crippen LogP contribution in [0, 0.1) is 5.82 Å². The monoisotopic (exact) mass is 418 g/mol. The third-order valence-electron chi connectivity index (χ3n) is 5.81. The molecule has 2 heterocycles. The van der Waals surface area contributed by atoms with Crippen LogP contribution in [0.1, 0.15) is 41.3 Å². The highest BCUT2D eigenvalue weighted by Crippen LogP contribution is 2.27. The van der Waals surface area contributed by atoms with E-state index in [0.29, 0.717) is 19.4 Å². The van der Waals surface area contributed by atoms with Gasteiger partial charge in [0.1, 0.15) is 11.6 Å². The molecule has 1 aliphatic heterocycles. The first-order valence-electron chi connectivity index (χ1n) is 10.7. The number of ether oxygens (including phenoxy) is 1. The standard InChI is InChI=1S/C26H27FN2O2/c1-31-24-12-10-19(11-13-24)17-26(30)29-14-4-6-21(18-29)25-9-3-8-23(28-25)16-20-5-2-7-22(27)15-20/h2-3,5,7-13,15,21H,4,6,14,16-18H2,1H3. The molecule has 0 N–H and O–H groups in total. The van der Waals surface area contributed by atoms with Crippen LogP contribution in [0.3, 0.4) is 0 Å². The van der Waals surface area contributed by atoms with Gasteiger partial charge in [0.15, 0.2) is 0 Å². The van der Waals surface area contributed by atoms with Crippen LogP contribution in [0.25, 0.3) is 0 Å². The molecule has 0 radical (unpaired) electrons. The van der Waals surface area contributed by atoms with Crippen molar-refractivity contribution in [2.75, 3.05) is 20.2 Å². The zero-order valence-corrected chi connectivity index (χ0v) is 17.8. The number of amides is 1. The maximum atomic E-state index is 13.5. The molecular weight excluding hydrogens is 391 g/mol. The van der Waals surface area contributed by atoms with Crippen LogP contribution in [-0.4, -0.2) is 36.0 Å². The number of halogens is 1. The van der Waals surface area contributed by atoms with Gasteiger partial charge in [-0.2, -0.15) is 0 Å². The fraction of sp³-hybridized carbons (Fsp3) is 0.308. The lowest BCUT2D eigenvalue weighted by atomic mass is 9.93. The number of aromatic nitrogens is 1. The van der Waals surface area contributed by atoms with Crippen molar-refractivity contribution < 1.29 is 13.9 Å². The van der Waals surface area contributed by atoms with E-state index in [4.69, 9.17) is 9.72 Å². The molecule has 0 aliphatic carbocycles. The van der Waals surface area contributed by atoms with Crippen molar-refractivity contribution in [1.29, 1.82) is 0 Å². The van der Waals surface area contributed by atoms with E-state index >= 15 is 0 Å². The molecule has 0 saturated carbocycles. The predicted octanol–water partition coefficient (Wildman–Crippen LogP) is 4.77. The Morgan fingerprint density at radius 3 is 2.68 bits per heavy atom. The lowest BCUT2D eigenvalue weighted by Crippen LogP contribution is -2.40. The van der Waals surface area contributed by atoms with Crippen LogP contribution in [0.4, 0.5) is 4.39 Å². The topological polar surface area (TPSA) is 42.4 Å². The average molecular weight is 419 g/mol. The zero-order chi connectivity index (χ0) is 21.6. The van der Waals surface area contributed by atoms with Gasteiger partial charge in [-0.15, -0.1) is 0 Å². The molecule has 4 rings (SSSR count). The number of carbonyl (C=O) groups excluding carboxylic acids is 1. The van der Waals surface area contributed by atoms with Gasteiger partial charge in [0.05, 0.1) is 13.5 Å². The number of benzene rings is 2. The summed E-state index contributed by atoms with van der Waals surface area (Å²) < 4.78 is 18.7. The summed E-state index contributed by atoms with van der Waals surface area (Å²) in [5.74, 6) is 0.928. The van der Waals surface area contributed by atoms with Gasteiger partial charge < -0.3 is 9.64 Å². The summed E-state index contributed by atoms with van der Waals surface area (Å²) >= 11 is 0. The average Bonchev–Trinajstić information content (AvgIpc) is 2.80. The number of methoxy groups -OCH3 is 1. The smallest absolute Gasteiger partial charge is 0.227 e. The third kappa shape index (κ3) is 5.48. The van der Waals surface area contributed by atoms with Crippen LogP contribution in [0.2, 0.25) is 0 Å². The van der Waals surface area contributed by atoms with Crippen molar-refractivity contribution in [3.8, 4) is 5.75 Å². The number of hydrogen-bond acceptors (Lipinski definition) is 3. The fourth-order valence-electron chi connectivity index (χ4n) is 4.15. The van der Waals surface area contributed by atoms with E-state index in [1.165, 1.54) is 6.07 Å². The highest BCUT2D eigenvalue weighted by Gasteiger charge is 2.25. The largest absolute Gasteiger partial charge is 0.497 e. The fourth-order valence-corrected chi connectivity index (χ4v) is 4.15. The minimum absolute atomic E-state index is 0.144. The number of rotatable bonds is 6. The Hall–Kier alpha value is -3.21. The minimum Gasteiger partial charge on any atom is -0.497 e. The van der Waals surface area contributed by atoms with Crippen molar-refractivity contribution in [1.82, 2.24) is 9.88 Å². The molecular formula is C26H27FN2O2. The summed E-state index contributed by atoms with van der Waals surface area (Å²) in [5, 5.41) is 0. The van der Waals surface area contributed by atoms with E-state index in [0.717, 1.165) is 47.7 Å². The molecule has 5 heteroatoms. The van der Waals surface area contributed by atoms with Gasteiger partial charge in [-0.05, 0) is 60.4 Å². The maximum Gasteiger partial charge on any atom is 0.227 e. The molecule has 2 aromatic carbocycles. The Kier molecular flexibility index (Phi) is 6.60. The van der Waals surface area contributed by atoms with Crippen LogP contribution < -0.4 is 4.74 Å². The second-order valence-corrected chi connectivity index (χ2v) is 8.06. The molecule has 0 spiro atoms. The van der Waals surface area contributed by atoms with E-state index in [1.54, 1.807) is 19.2 Å². The number of hydrogen-bond donors (Lipinski definition) is 0. The van der Waals surface area contributed by atoms with Gasteiger partial charge in [0.25, 0.3) is 0 Å². The first-order chi connectivity index (χ1) is 15.1. The molecule has 1 atom stereocenters. The second kappa shape index (κ2) is 9.73. The molecule has 1 unspecified atom stereocenters. The molecule has 1 aromatic heterocycles. The minimum atomic E-state index is -0.230. The van der Waals surface area contributed by atoms with Gasteiger partial charge in [-0.1, -0.05) is 30.3 Å². The van der Waals surface area contributed by atoms with E-state index in [9.17, 15) is 9.18 Å². The summed E-state index contributed by atoms with van der Waals surface area (Å²) in [6, 6.07) is 20.3. The Balaban J connectivity index is 1.41. The first kappa shape index (κ1) is 21.0. The molecule has 3 aromatic rings. The van der Waals surface area contributed by atoms with Gasteiger partial charge in [-0.3, -0.25) is 9.78 Å². The van der Waals surface area contributed by atoms with Gasteiger partial charge in [0, 0.05) is 36.8 Å². The molecule has 1 saturated heterocycles. The number of nitrogens with zero attached hydrogens (tertiary/aromatic N) is 2. The van der Waals surface area contributed by atoms with Crippen molar-refractivity contribution in [2.45, 2.75) is 31.6 Å². The second-order valence-electron chi connectivity index (χ2n) is 8.06. The lowest BCUT2D eigenvalue weighted by Gasteiger charge is -2.32. The maximum absolute atomic E-state index is 13.5. The SMILES string of the molecule is COc1ccc(CC(=O)N2CCCC(c3cccc(Cc4cccc(F)c4)n3)C2)cc1. The summed E-state index contributed by atoms with van der Waals surface area (Å²) in [6.07, 6.45) is 2.97. The number of likely N-dealkylation sites (tertiary alicyclic amines) is 1. The van der Waals surface area contributed by atoms with Crippen LogP contribution in [-0.2, 0) is 17.6 Å². The summed E-state index contributed by atoms with van der Waals surface area (Å²) in [4.78, 5) is 19.7. The summed E-state index contributed by atoms with van der Waals surface area (Å²) in [6.45, 7) is 1.47. The number of carbonyl (C=O) groups is 1. The molecule has 1 aliphatic rings. The lowest BCUT2D eigenvalue weighted by molar-refractivity contribution is -0.131. The summed E-state index contributed by atoms with van der Waals surface area (Å²) in [5.41, 5.74) is 3.83. The van der Waals surface area contributed by atoms with Crippen LogP contribution in [0.15, 0.2) is 66.7 Å². The Morgan fingerprint density at radius 1 is 1.10 bits per heavy atom. The van der Waals surface area contributed by atoms with Gasteiger partial charge in [-0.25, -0.2) is 4.39 Å². The molecule has 1 amide bonds. The quantitative estimate of drug-likeness (QED) is 0.579. The van der Waals surface area contributed by atoms with Crippen molar-refractivity contribution in [2.24, 2.45) is 0 Å². The van der Waals surface area contributed by atoms with E-state index in [1.807, 2.05) is 53.4 Å². The molecule has 1 fully saturated rings. The van der Waals surface area contributed by atoms with E-state index < -0.39 is 0 Å². The highest BCUT2D eigenvalue weighted by atomic mass is 19.1. The van der Waals surface area contributed by atoms with Gasteiger partial charge >= 0.3 is 0 Å². The predicted molar refractivity (Wildman–Crippen MR) is 119 cm³/mol. The third-order valence-corrected chi connectivity index (χ3v) is 5.81. The Labute approximate surface area is 182 Å². The van der Waals surface area contributed by atoms with E-state index in [2.05, 4.69) is 0 Å². The zero-order valence-electron chi connectivity index (χ0n) is 17.8. The normalized spacial score (nSPS) is 16.2. The Bertz CT molecular complexity index is 1040. The molecule has 4 nitrogen and oxygen atoms in total. The number of pyridine rings is 1. The highest BCUT2D eigenvalue weighted by molar-refractivity contribution is 5.79. The van der Waals surface area contributed by atoms with E-state index in [-0.39, 0.29) is 17.6 Å². The van der Waals surface area contributed by atoms with Crippen LogP contribution >= 0.6 is 0 Å². The van der Waals surface area contributed by atoms with Crippen molar-refractivity contribution >= 4 is 5.91 Å². The Morgan fingerprint density at radius 2 is 1.90 bits per heavy atom. The number of piperidine rings is 1. The van der Waals surface area contributed by atoms with Crippen molar-refractivity contribution in [3.63, 3.8) is 0 Å². The molecule has 160 valence electrons. The van der Waals surface area contributed by atoms with Crippen molar-refractivity contribution in [3.05, 3.63) is 95.1 Å². The van der Waals surface area contributed by atoms with Gasteiger partial charge in [0.2, 0.25) is 5.91 Å². The first-order valence-corrected chi connectivity index (χ1v) is 10.7. The molecule has 0 bridgehead atoms. The molecule has 31 heavy (non-hydrogen) atoms. The summed E-state index contributed by atoms with van der Waals surface area (Å²) in [7, 11) is 1.63. The van der Waals surface area contributed by atoms with Crippen LogP contribution in [0.5, 0.6) is 5.75 Å².